The summed E-state index contributed by atoms with van der Waals surface area (Å²) in [6.07, 6.45) is 0. The lowest BCUT2D eigenvalue weighted by Crippen LogP contribution is -2.33. The zero-order valence-corrected chi connectivity index (χ0v) is 18.6. The van der Waals surface area contributed by atoms with E-state index in [0.29, 0.717) is 24.3 Å². The first kappa shape index (κ1) is 23.4. The average Bonchev–Trinajstić information content (AvgIpc) is 2.77. The molecular weight excluding hydrogens is 433 g/mol. The number of hydrogen-bond acceptors (Lipinski definition) is 5. The lowest BCUT2D eigenvalue weighted by atomic mass is 10.1. The first-order valence-corrected chi connectivity index (χ1v) is 11.3. The molecule has 0 N–H and O–H groups in total. The molecule has 0 radical (unpaired) electrons. The Morgan fingerprint density at radius 3 is 2.34 bits per heavy atom. The van der Waals surface area contributed by atoms with Crippen molar-refractivity contribution in [3.05, 3.63) is 95.3 Å². The maximum Gasteiger partial charge on any atom is 0.339 e. The van der Waals surface area contributed by atoms with E-state index in [-0.39, 0.29) is 23.1 Å². The lowest BCUT2D eigenvalue weighted by molar-refractivity contribution is 0.0680. The Morgan fingerprint density at radius 2 is 1.69 bits per heavy atom. The summed E-state index contributed by atoms with van der Waals surface area (Å²) in [6.45, 7) is 2.90. The second-order valence-corrected chi connectivity index (χ2v) is 8.77. The highest BCUT2D eigenvalue weighted by atomic mass is 32.2. The van der Waals surface area contributed by atoms with Crippen LogP contribution < -0.4 is 4.18 Å². The van der Waals surface area contributed by atoms with Gasteiger partial charge in [0.1, 0.15) is 16.5 Å². The van der Waals surface area contributed by atoms with Gasteiger partial charge in [-0.1, -0.05) is 29.8 Å². The molecule has 0 atom stereocenters. The molecule has 0 aromatic heterocycles. The van der Waals surface area contributed by atoms with Crippen LogP contribution in [-0.4, -0.2) is 39.5 Å². The van der Waals surface area contributed by atoms with Crippen LogP contribution >= 0.6 is 0 Å². The minimum atomic E-state index is -4.12. The molecule has 0 heterocycles. The van der Waals surface area contributed by atoms with Crippen molar-refractivity contribution in [2.75, 3.05) is 20.3 Å². The predicted molar refractivity (Wildman–Crippen MR) is 118 cm³/mol. The summed E-state index contributed by atoms with van der Waals surface area (Å²) in [5.74, 6) is -0.603. The number of aryl methyl sites for hydroxylation is 1. The van der Waals surface area contributed by atoms with Crippen LogP contribution in [0.5, 0.6) is 5.75 Å². The van der Waals surface area contributed by atoms with Gasteiger partial charge in [0.15, 0.2) is 0 Å². The molecule has 168 valence electrons. The zero-order chi connectivity index (χ0) is 23.1. The van der Waals surface area contributed by atoms with Crippen molar-refractivity contribution < 1.29 is 26.5 Å². The SMILES string of the molecule is COCCN(Cc1cccc(OS(=O)(=O)c2ccc(F)cc2)c1)C(=O)c1ccc(C)cc1. The van der Waals surface area contributed by atoms with E-state index in [1.165, 1.54) is 6.07 Å². The second-order valence-electron chi connectivity index (χ2n) is 7.22. The van der Waals surface area contributed by atoms with Gasteiger partial charge >= 0.3 is 10.1 Å². The van der Waals surface area contributed by atoms with E-state index in [4.69, 9.17) is 8.92 Å². The molecule has 6 nitrogen and oxygen atoms in total. The van der Waals surface area contributed by atoms with Crippen molar-refractivity contribution in [1.82, 2.24) is 4.90 Å². The van der Waals surface area contributed by atoms with Crippen LogP contribution in [0.15, 0.2) is 77.7 Å². The number of amides is 1. The molecule has 3 rings (SSSR count). The van der Waals surface area contributed by atoms with Crippen molar-refractivity contribution in [3.8, 4) is 5.75 Å². The fourth-order valence-corrected chi connectivity index (χ4v) is 3.95. The summed E-state index contributed by atoms with van der Waals surface area (Å²) >= 11 is 0. The van der Waals surface area contributed by atoms with Crippen LogP contribution in [0.4, 0.5) is 4.39 Å². The quantitative estimate of drug-likeness (QED) is 0.451. The third kappa shape index (κ3) is 6.15. The molecule has 0 aliphatic heterocycles. The standard InChI is InChI=1S/C24H24FNO5S/c1-18-6-8-20(9-7-18)24(27)26(14-15-30-2)17-19-4-3-5-22(16-19)31-32(28,29)23-12-10-21(25)11-13-23/h3-13,16H,14-15,17H2,1-2H3. The van der Waals surface area contributed by atoms with E-state index in [0.717, 1.165) is 29.8 Å². The smallest absolute Gasteiger partial charge is 0.339 e. The van der Waals surface area contributed by atoms with Crippen LogP contribution in [0.1, 0.15) is 21.5 Å². The van der Waals surface area contributed by atoms with Crippen molar-refractivity contribution >= 4 is 16.0 Å². The molecule has 1 amide bonds. The largest absolute Gasteiger partial charge is 0.383 e. The number of halogens is 1. The molecule has 3 aromatic carbocycles. The number of hydrogen-bond donors (Lipinski definition) is 0. The Balaban J connectivity index is 1.79. The summed E-state index contributed by atoms with van der Waals surface area (Å²) in [7, 11) is -2.56. The van der Waals surface area contributed by atoms with Crippen molar-refractivity contribution in [3.63, 3.8) is 0 Å². The highest BCUT2D eigenvalue weighted by Crippen LogP contribution is 2.21. The van der Waals surface area contributed by atoms with Gasteiger partial charge in [0.05, 0.1) is 6.61 Å². The third-order valence-corrected chi connectivity index (χ3v) is 5.99. The van der Waals surface area contributed by atoms with Crippen LogP contribution in [0.2, 0.25) is 0 Å². The molecule has 0 saturated carbocycles. The topological polar surface area (TPSA) is 72.9 Å². The molecule has 0 fully saturated rings. The monoisotopic (exact) mass is 457 g/mol. The first-order chi connectivity index (χ1) is 15.3. The van der Waals surface area contributed by atoms with E-state index in [1.807, 2.05) is 19.1 Å². The predicted octanol–water partition coefficient (Wildman–Crippen LogP) is 4.19. The number of nitrogens with zero attached hydrogens (tertiary/aromatic N) is 1. The maximum absolute atomic E-state index is 13.1. The normalized spacial score (nSPS) is 11.2. The summed E-state index contributed by atoms with van der Waals surface area (Å²) < 4.78 is 48.4. The Bertz CT molecular complexity index is 1160. The summed E-state index contributed by atoms with van der Waals surface area (Å²) in [6, 6.07) is 18.2. The third-order valence-electron chi connectivity index (χ3n) is 4.73. The molecule has 0 spiro atoms. The first-order valence-electron chi connectivity index (χ1n) is 9.92. The second kappa shape index (κ2) is 10.4. The van der Waals surface area contributed by atoms with Crippen molar-refractivity contribution in [2.24, 2.45) is 0 Å². The van der Waals surface area contributed by atoms with E-state index >= 15 is 0 Å². The van der Waals surface area contributed by atoms with Crippen LogP contribution in [0.3, 0.4) is 0 Å². The number of carbonyl (C=O) groups excluding carboxylic acids is 1. The Morgan fingerprint density at radius 1 is 1.00 bits per heavy atom. The van der Waals surface area contributed by atoms with Crippen LogP contribution in [0.25, 0.3) is 0 Å². The van der Waals surface area contributed by atoms with Crippen molar-refractivity contribution in [1.29, 1.82) is 0 Å². The van der Waals surface area contributed by atoms with Gasteiger partial charge in [-0.15, -0.1) is 0 Å². The highest BCUT2D eigenvalue weighted by molar-refractivity contribution is 7.87. The maximum atomic E-state index is 13.1. The molecule has 0 unspecified atom stereocenters. The number of rotatable bonds is 9. The molecule has 0 bridgehead atoms. The number of benzene rings is 3. The number of methoxy groups -OCH3 is 1. The van der Waals surface area contributed by atoms with E-state index < -0.39 is 15.9 Å². The van der Waals surface area contributed by atoms with Gasteiger partial charge in [-0.05, 0) is 61.0 Å². The van der Waals surface area contributed by atoms with Gasteiger partial charge in [0, 0.05) is 25.8 Å². The molecule has 32 heavy (non-hydrogen) atoms. The van der Waals surface area contributed by atoms with E-state index in [2.05, 4.69) is 0 Å². The minimum Gasteiger partial charge on any atom is -0.383 e. The number of carbonyl (C=O) groups is 1. The van der Waals surface area contributed by atoms with Crippen LogP contribution in [0, 0.1) is 12.7 Å². The minimum absolute atomic E-state index is 0.0984. The van der Waals surface area contributed by atoms with Gasteiger partial charge < -0.3 is 13.8 Å². The summed E-state index contributed by atoms with van der Waals surface area (Å²) in [5.41, 5.74) is 2.29. The molecule has 8 heteroatoms. The van der Waals surface area contributed by atoms with E-state index in [1.54, 1.807) is 42.3 Å². The van der Waals surface area contributed by atoms with Gasteiger partial charge in [-0.3, -0.25) is 4.79 Å². The fourth-order valence-electron chi connectivity index (χ4n) is 3.02. The van der Waals surface area contributed by atoms with Crippen molar-refractivity contribution in [2.45, 2.75) is 18.4 Å². The fraction of sp³-hybridized carbons (Fsp3) is 0.208. The Hall–Kier alpha value is -3.23. The highest BCUT2D eigenvalue weighted by Gasteiger charge is 2.19. The average molecular weight is 458 g/mol. The number of ether oxygens (including phenoxy) is 1. The Labute approximate surface area is 187 Å². The van der Waals surface area contributed by atoms with Gasteiger partial charge in [0.2, 0.25) is 0 Å². The molecule has 0 aliphatic carbocycles. The van der Waals surface area contributed by atoms with Gasteiger partial charge in [0.25, 0.3) is 5.91 Å². The van der Waals surface area contributed by atoms with E-state index in [9.17, 15) is 17.6 Å². The zero-order valence-electron chi connectivity index (χ0n) is 17.8. The van der Waals surface area contributed by atoms with Gasteiger partial charge in [-0.2, -0.15) is 8.42 Å². The Kier molecular flexibility index (Phi) is 7.61. The van der Waals surface area contributed by atoms with Crippen LogP contribution in [-0.2, 0) is 21.4 Å². The lowest BCUT2D eigenvalue weighted by Gasteiger charge is -2.23. The molecular formula is C24H24FNO5S. The summed E-state index contributed by atoms with van der Waals surface area (Å²) in [5, 5.41) is 0. The molecule has 0 saturated heterocycles. The molecule has 3 aromatic rings. The molecule has 0 aliphatic rings. The van der Waals surface area contributed by atoms with Gasteiger partial charge in [-0.25, -0.2) is 4.39 Å². The summed E-state index contributed by atoms with van der Waals surface area (Å²) in [4.78, 5) is 14.5.